The number of benzene rings is 2. The van der Waals surface area contributed by atoms with Crippen LogP contribution in [-0.4, -0.2) is 77.7 Å². The number of carbonyl (C=O) groups excluding carboxylic acids is 4. The van der Waals surface area contributed by atoms with Gasteiger partial charge >= 0.3 is 5.97 Å². The summed E-state index contributed by atoms with van der Waals surface area (Å²) in [5.74, 6) is -3.10. The van der Waals surface area contributed by atoms with Crippen molar-refractivity contribution >= 4 is 41.0 Å². The number of unbranched alkanes of at least 4 members (excludes halogenated alkanes) is 2. The summed E-state index contributed by atoms with van der Waals surface area (Å²) in [7, 11) is 0. The SMILES string of the molecule is C=CCCC(=O)OC[C@@H](NC(=O)[C@@H]1[C@@H]2CC[C@]3(O2)[C@H](C(=O)N(CC=C)c2ccc(Cl)cc2)N(CCCCCO)C(=O)[C@@H]13)c1ccccc1. The molecule has 0 aromatic heterocycles. The molecule has 3 saturated heterocycles. The van der Waals surface area contributed by atoms with Crippen LogP contribution in [0.4, 0.5) is 5.69 Å². The molecule has 6 atom stereocenters. The molecule has 256 valence electrons. The zero-order valence-electron chi connectivity index (χ0n) is 27.1. The van der Waals surface area contributed by atoms with E-state index in [1.54, 1.807) is 46.2 Å². The number of esters is 1. The average Bonchev–Trinajstić information content (AvgIpc) is 3.74. The summed E-state index contributed by atoms with van der Waals surface area (Å²) in [6, 6.07) is 14.5. The van der Waals surface area contributed by atoms with Gasteiger partial charge in [0.2, 0.25) is 11.8 Å². The molecule has 0 aliphatic carbocycles. The number of carbonyl (C=O) groups is 4. The smallest absolute Gasteiger partial charge is 0.306 e. The van der Waals surface area contributed by atoms with Gasteiger partial charge in [0.25, 0.3) is 5.91 Å². The zero-order chi connectivity index (χ0) is 34.3. The van der Waals surface area contributed by atoms with E-state index in [1.165, 1.54) is 0 Å². The standard InChI is InChI=1S/C37H44ClN3O7/c1-3-5-14-30(43)47-24-28(25-12-8-6-9-13-25)39-34(44)31-29-19-20-37(48-29)32(31)35(45)41(22-10-7-11-23-42)33(37)36(46)40(21-4-2)27-17-15-26(38)16-18-27/h3-4,6,8-9,12-13,15-18,28-29,31-33,42H,1-2,5,7,10-11,14,19-24H2,(H,39,44)/t28-,29+,31-,32-,33+,37-/m1/s1. The second-order valence-electron chi connectivity index (χ2n) is 12.6. The van der Waals surface area contributed by atoms with Crippen LogP contribution in [0.25, 0.3) is 0 Å². The molecular weight excluding hydrogens is 634 g/mol. The van der Waals surface area contributed by atoms with Gasteiger partial charge in [-0.25, -0.2) is 0 Å². The van der Waals surface area contributed by atoms with E-state index in [9.17, 15) is 24.3 Å². The monoisotopic (exact) mass is 677 g/mol. The van der Waals surface area contributed by atoms with Crippen LogP contribution >= 0.6 is 11.6 Å². The molecule has 5 rings (SSSR count). The Morgan fingerprint density at radius 3 is 2.54 bits per heavy atom. The fourth-order valence-electron chi connectivity index (χ4n) is 7.41. The average molecular weight is 678 g/mol. The van der Waals surface area contributed by atoms with Crippen LogP contribution in [0.15, 0.2) is 79.9 Å². The van der Waals surface area contributed by atoms with Gasteiger partial charge < -0.3 is 29.7 Å². The molecular formula is C37H44ClN3O7. The van der Waals surface area contributed by atoms with Crippen molar-refractivity contribution in [2.24, 2.45) is 11.8 Å². The van der Waals surface area contributed by atoms with Gasteiger partial charge in [-0.3, -0.25) is 19.2 Å². The van der Waals surface area contributed by atoms with Gasteiger partial charge in [-0.15, -0.1) is 13.2 Å². The Balaban J connectivity index is 1.44. The summed E-state index contributed by atoms with van der Waals surface area (Å²) < 4.78 is 12.2. The number of fused-ring (bicyclic) bond motifs is 1. The van der Waals surface area contributed by atoms with Gasteiger partial charge in [0.1, 0.15) is 18.2 Å². The molecule has 10 nitrogen and oxygen atoms in total. The van der Waals surface area contributed by atoms with E-state index in [4.69, 9.17) is 21.1 Å². The van der Waals surface area contributed by atoms with Crippen LogP contribution in [0.3, 0.4) is 0 Å². The van der Waals surface area contributed by atoms with Crippen LogP contribution in [-0.2, 0) is 28.7 Å². The summed E-state index contributed by atoms with van der Waals surface area (Å²) in [5, 5.41) is 12.9. The number of ether oxygens (including phenoxy) is 2. The van der Waals surface area contributed by atoms with Crippen LogP contribution < -0.4 is 10.2 Å². The number of nitrogens with one attached hydrogen (secondary N) is 1. The van der Waals surface area contributed by atoms with Crippen molar-refractivity contribution in [2.45, 2.75) is 68.7 Å². The van der Waals surface area contributed by atoms with E-state index in [0.717, 1.165) is 5.56 Å². The first-order valence-corrected chi connectivity index (χ1v) is 17.0. The molecule has 1 spiro atoms. The number of nitrogens with zero attached hydrogens (tertiary/aromatic N) is 2. The minimum atomic E-state index is -1.19. The van der Waals surface area contributed by atoms with Crippen LogP contribution in [0.1, 0.15) is 56.6 Å². The molecule has 0 unspecified atom stereocenters. The van der Waals surface area contributed by atoms with Gasteiger partial charge in [-0.2, -0.15) is 0 Å². The maximum Gasteiger partial charge on any atom is 0.306 e. The minimum absolute atomic E-state index is 0.0335. The molecule has 2 aromatic carbocycles. The Kier molecular flexibility index (Phi) is 11.7. The number of halogens is 1. The quantitative estimate of drug-likeness (QED) is 0.141. The van der Waals surface area contributed by atoms with Crippen molar-refractivity contribution in [1.82, 2.24) is 10.2 Å². The van der Waals surface area contributed by atoms with E-state index < -0.39 is 41.6 Å². The van der Waals surface area contributed by atoms with Crippen LogP contribution in [0, 0.1) is 11.8 Å². The Hall–Kier alpha value is -3.99. The van der Waals surface area contributed by atoms with E-state index in [0.29, 0.717) is 49.2 Å². The maximum absolute atomic E-state index is 14.6. The fraction of sp³-hybridized carbons (Fsp3) is 0.459. The summed E-state index contributed by atoms with van der Waals surface area (Å²) in [5.41, 5.74) is 0.163. The number of anilines is 1. The Bertz CT molecular complexity index is 1490. The maximum atomic E-state index is 14.6. The first-order chi connectivity index (χ1) is 23.2. The topological polar surface area (TPSA) is 125 Å². The number of hydrogen-bond donors (Lipinski definition) is 2. The van der Waals surface area contributed by atoms with Crippen molar-refractivity contribution in [1.29, 1.82) is 0 Å². The number of rotatable bonds is 17. The lowest BCUT2D eigenvalue weighted by Crippen LogP contribution is -2.56. The Labute approximate surface area is 286 Å². The second kappa shape index (κ2) is 15.9. The molecule has 3 heterocycles. The molecule has 2 bridgehead atoms. The number of hydrogen-bond acceptors (Lipinski definition) is 7. The molecule has 0 saturated carbocycles. The largest absolute Gasteiger partial charge is 0.463 e. The van der Waals surface area contributed by atoms with Gasteiger partial charge in [0.15, 0.2) is 0 Å². The molecule has 3 aliphatic rings. The molecule has 3 aliphatic heterocycles. The van der Waals surface area contributed by atoms with Crippen molar-refractivity contribution in [3.8, 4) is 0 Å². The lowest BCUT2D eigenvalue weighted by Gasteiger charge is -2.37. The first kappa shape index (κ1) is 35.3. The molecule has 3 amide bonds. The summed E-state index contributed by atoms with van der Waals surface area (Å²) in [6.07, 6.45) is 6.16. The highest BCUT2D eigenvalue weighted by Crippen LogP contribution is 2.58. The zero-order valence-corrected chi connectivity index (χ0v) is 27.9. The number of amides is 3. The van der Waals surface area contributed by atoms with Crippen molar-refractivity contribution in [2.75, 3.05) is 31.2 Å². The highest BCUT2D eigenvalue weighted by Gasteiger charge is 2.74. The van der Waals surface area contributed by atoms with E-state index in [2.05, 4.69) is 18.5 Å². The van der Waals surface area contributed by atoms with E-state index in [1.807, 2.05) is 30.3 Å². The summed E-state index contributed by atoms with van der Waals surface area (Å²) in [4.78, 5) is 58.8. The van der Waals surface area contributed by atoms with Gasteiger partial charge in [-0.1, -0.05) is 54.1 Å². The predicted molar refractivity (Wildman–Crippen MR) is 182 cm³/mol. The summed E-state index contributed by atoms with van der Waals surface area (Å²) >= 11 is 6.14. The van der Waals surface area contributed by atoms with E-state index in [-0.39, 0.29) is 50.4 Å². The summed E-state index contributed by atoms with van der Waals surface area (Å²) in [6.45, 7) is 7.93. The highest BCUT2D eigenvalue weighted by molar-refractivity contribution is 6.30. The van der Waals surface area contributed by atoms with Crippen LogP contribution in [0.2, 0.25) is 5.02 Å². The van der Waals surface area contributed by atoms with E-state index >= 15 is 0 Å². The molecule has 2 N–H and O–H groups in total. The normalized spacial score (nSPS) is 24.5. The minimum Gasteiger partial charge on any atom is -0.463 e. The van der Waals surface area contributed by atoms with Crippen molar-refractivity contribution < 1.29 is 33.8 Å². The predicted octanol–water partition coefficient (Wildman–Crippen LogP) is 4.76. The third-order valence-electron chi connectivity index (χ3n) is 9.59. The Morgan fingerprint density at radius 2 is 1.85 bits per heavy atom. The molecule has 11 heteroatoms. The van der Waals surface area contributed by atoms with Gasteiger partial charge in [0, 0.05) is 36.8 Å². The third kappa shape index (κ3) is 7.21. The third-order valence-corrected chi connectivity index (χ3v) is 9.84. The van der Waals surface area contributed by atoms with Crippen LogP contribution in [0.5, 0.6) is 0 Å². The first-order valence-electron chi connectivity index (χ1n) is 16.6. The van der Waals surface area contributed by atoms with Gasteiger partial charge in [-0.05, 0) is 68.4 Å². The number of allylic oxidation sites excluding steroid dienone is 1. The number of aliphatic hydroxyl groups excluding tert-OH is 1. The lowest BCUT2D eigenvalue weighted by molar-refractivity contribution is -0.146. The highest BCUT2D eigenvalue weighted by atomic mass is 35.5. The molecule has 0 radical (unpaired) electrons. The van der Waals surface area contributed by atoms with Crippen molar-refractivity contribution in [3.05, 3.63) is 90.5 Å². The molecule has 3 fully saturated rings. The lowest BCUT2D eigenvalue weighted by atomic mass is 9.70. The number of likely N-dealkylation sites (tertiary alicyclic amines) is 1. The van der Waals surface area contributed by atoms with Gasteiger partial charge in [0.05, 0.1) is 24.0 Å². The van der Waals surface area contributed by atoms with Crippen molar-refractivity contribution in [3.63, 3.8) is 0 Å². The molecule has 48 heavy (non-hydrogen) atoms. The fourth-order valence-corrected chi connectivity index (χ4v) is 7.53. The molecule has 2 aromatic rings. The number of aliphatic hydroxyl groups is 1. The second-order valence-corrected chi connectivity index (χ2v) is 13.0. The Morgan fingerprint density at radius 1 is 1.10 bits per heavy atom.